The van der Waals surface area contributed by atoms with Gasteiger partial charge < -0.3 is 4.57 Å². The van der Waals surface area contributed by atoms with Gasteiger partial charge in [-0.3, -0.25) is 4.79 Å². The van der Waals surface area contributed by atoms with Crippen molar-refractivity contribution in [1.82, 2.24) is 14.8 Å². The third kappa shape index (κ3) is 3.50. The summed E-state index contributed by atoms with van der Waals surface area (Å²) in [5, 5.41) is 9.36. The fraction of sp³-hybridized carbons (Fsp3) is 0.500. The highest BCUT2D eigenvalue weighted by molar-refractivity contribution is 8.00. The third-order valence-electron chi connectivity index (χ3n) is 4.39. The van der Waals surface area contributed by atoms with Crippen molar-refractivity contribution >= 4 is 17.5 Å². The van der Waals surface area contributed by atoms with Gasteiger partial charge in [-0.2, -0.15) is 0 Å². The standard InChI is InChI=1S/C18H23N3OS/c1-12-8-9-13(2)15(11-12)17(22)14(3)23-18-20-19-16-7-5-4-6-10-21(16)18/h8-9,11,14H,4-7,10H2,1-3H3/t14-/m0/s1. The van der Waals surface area contributed by atoms with Crippen LogP contribution in [0.5, 0.6) is 0 Å². The Balaban J connectivity index is 1.79. The number of carbonyl (C=O) groups excluding carboxylic acids is 1. The fourth-order valence-corrected chi connectivity index (χ4v) is 3.94. The minimum Gasteiger partial charge on any atom is -0.306 e. The second kappa shape index (κ2) is 6.87. The molecule has 2 heterocycles. The molecule has 1 aliphatic heterocycles. The Hall–Kier alpha value is -1.62. The maximum Gasteiger partial charge on any atom is 0.191 e. The van der Waals surface area contributed by atoms with Crippen LogP contribution in [0.1, 0.15) is 53.5 Å². The lowest BCUT2D eigenvalue weighted by molar-refractivity contribution is 0.0993. The van der Waals surface area contributed by atoms with E-state index in [1.807, 2.05) is 39.0 Å². The molecule has 0 N–H and O–H groups in total. The van der Waals surface area contributed by atoms with Crippen LogP contribution < -0.4 is 0 Å². The lowest BCUT2D eigenvalue weighted by Crippen LogP contribution is -2.16. The SMILES string of the molecule is Cc1ccc(C)c(C(=O)[C@H](C)Sc2nnc3n2CCCCC3)c1. The number of hydrogen-bond donors (Lipinski definition) is 0. The summed E-state index contributed by atoms with van der Waals surface area (Å²) in [6.07, 6.45) is 4.58. The number of aryl methyl sites for hydroxylation is 3. The van der Waals surface area contributed by atoms with Crippen LogP contribution in [0.2, 0.25) is 0 Å². The molecule has 0 radical (unpaired) electrons. The molecule has 0 unspecified atom stereocenters. The molecule has 0 bridgehead atoms. The van der Waals surface area contributed by atoms with E-state index in [1.54, 1.807) is 0 Å². The highest BCUT2D eigenvalue weighted by atomic mass is 32.2. The number of aromatic nitrogens is 3. The van der Waals surface area contributed by atoms with Crippen molar-refractivity contribution in [3.05, 3.63) is 40.7 Å². The smallest absolute Gasteiger partial charge is 0.191 e. The lowest BCUT2D eigenvalue weighted by atomic mass is 10.0. The van der Waals surface area contributed by atoms with Gasteiger partial charge in [-0.05, 0) is 45.2 Å². The summed E-state index contributed by atoms with van der Waals surface area (Å²) in [6, 6.07) is 6.05. The second-order valence-corrected chi connectivity index (χ2v) is 7.61. The van der Waals surface area contributed by atoms with Crippen molar-refractivity contribution in [3.8, 4) is 0 Å². The summed E-state index contributed by atoms with van der Waals surface area (Å²) < 4.78 is 2.20. The molecule has 23 heavy (non-hydrogen) atoms. The van der Waals surface area contributed by atoms with E-state index < -0.39 is 0 Å². The summed E-state index contributed by atoms with van der Waals surface area (Å²) in [6.45, 7) is 6.95. The zero-order valence-electron chi connectivity index (χ0n) is 14.0. The molecule has 0 saturated carbocycles. The zero-order valence-corrected chi connectivity index (χ0v) is 14.8. The first-order valence-corrected chi connectivity index (χ1v) is 9.14. The van der Waals surface area contributed by atoms with E-state index in [0.29, 0.717) is 0 Å². The second-order valence-electron chi connectivity index (χ2n) is 6.30. The maximum absolute atomic E-state index is 12.8. The molecule has 1 aliphatic rings. The van der Waals surface area contributed by atoms with Gasteiger partial charge >= 0.3 is 0 Å². The van der Waals surface area contributed by atoms with Crippen LogP contribution in [0.3, 0.4) is 0 Å². The van der Waals surface area contributed by atoms with Gasteiger partial charge in [-0.15, -0.1) is 10.2 Å². The molecule has 1 aromatic heterocycles. The topological polar surface area (TPSA) is 47.8 Å². The van der Waals surface area contributed by atoms with Gasteiger partial charge in [-0.1, -0.05) is 35.9 Å². The van der Waals surface area contributed by atoms with E-state index >= 15 is 0 Å². The fourth-order valence-electron chi connectivity index (χ4n) is 2.98. The van der Waals surface area contributed by atoms with Crippen LogP contribution in [-0.2, 0) is 13.0 Å². The van der Waals surface area contributed by atoms with Gasteiger partial charge in [0.2, 0.25) is 0 Å². The molecule has 1 atom stereocenters. The predicted octanol–water partition coefficient (Wildman–Crippen LogP) is 3.98. The molecule has 3 rings (SSSR count). The van der Waals surface area contributed by atoms with E-state index in [4.69, 9.17) is 0 Å². The van der Waals surface area contributed by atoms with Crippen LogP contribution in [-0.4, -0.2) is 25.8 Å². The number of hydrogen-bond acceptors (Lipinski definition) is 4. The van der Waals surface area contributed by atoms with Crippen molar-refractivity contribution in [2.24, 2.45) is 0 Å². The molecular weight excluding hydrogens is 306 g/mol. The first-order chi connectivity index (χ1) is 11.1. The average Bonchev–Trinajstić information content (AvgIpc) is 2.76. The number of Topliss-reactive ketones (excluding diaryl/α,β-unsaturated/α-hetero) is 1. The third-order valence-corrected chi connectivity index (χ3v) is 5.47. The Bertz CT molecular complexity index is 723. The van der Waals surface area contributed by atoms with E-state index in [2.05, 4.69) is 14.8 Å². The molecule has 2 aromatic rings. The first kappa shape index (κ1) is 16.2. The Morgan fingerprint density at radius 3 is 2.87 bits per heavy atom. The maximum atomic E-state index is 12.8. The first-order valence-electron chi connectivity index (χ1n) is 8.26. The molecule has 5 heteroatoms. The molecule has 1 aromatic carbocycles. The number of carbonyl (C=O) groups is 1. The Morgan fingerprint density at radius 2 is 2.04 bits per heavy atom. The summed E-state index contributed by atoms with van der Waals surface area (Å²) in [7, 11) is 0. The molecular formula is C18H23N3OS. The minimum atomic E-state index is -0.160. The molecule has 0 aliphatic carbocycles. The molecule has 0 fully saturated rings. The normalized spacial score (nSPS) is 15.8. The number of benzene rings is 1. The van der Waals surface area contributed by atoms with Crippen LogP contribution in [0.4, 0.5) is 0 Å². The molecule has 0 saturated heterocycles. The largest absolute Gasteiger partial charge is 0.306 e. The number of rotatable bonds is 4. The van der Waals surface area contributed by atoms with Gasteiger partial charge in [0.05, 0.1) is 5.25 Å². The molecule has 0 spiro atoms. The zero-order chi connectivity index (χ0) is 16.4. The highest BCUT2D eigenvalue weighted by Crippen LogP contribution is 2.28. The monoisotopic (exact) mass is 329 g/mol. The van der Waals surface area contributed by atoms with Gasteiger partial charge in [0.1, 0.15) is 5.82 Å². The summed E-state index contributed by atoms with van der Waals surface area (Å²) >= 11 is 1.53. The number of ketones is 1. The summed E-state index contributed by atoms with van der Waals surface area (Å²) in [4.78, 5) is 12.8. The number of thioether (sulfide) groups is 1. The average molecular weight is 329 g/mol. The van der Waals surface area contributed by atoms with E-state index in [1.165, 1.54) is 24.6 Å². The van der Waals surface area contributed by atoms with Gasteiger partial charge in [-0.25, -0.2) is 0 Å². The van der Waals surface area contributed by atoms with E-state index in [0.717, 1.165) is 47.1 Å². The van der Waals surface area contributed by atoms with Crippen molar-refractivity contribution in [1.29, 1.82) is 0 Å². The number of nitrogens with zero attached hydrogens (tertiary/aromatic N) is 3. The number of fused-ring (bicyclic) bond motifs is 1. The molecule has 122 valence electrons. The lowest BCUT2D eigenvalue weighted by Gasteiger charge is -2.13. The predicted molar refractivity (Wildman–Crippen MR) is 93.1 cm³/mol. The van der Waals surface area contributed by atoms with Crippen LogP contribution in [0.15, 0.2) is 23.4 Å². The Labute approximate surface area is 141 Å². The summed E-state index contributed by atoms with van der Waals surface area (Å²) in [5.74, 6) is 1.23. The quantitative estimate of drug-likeness (QED) is 0.629. The van der Waals surface area contributed by atoms with Gasteiger partial charge in [0.25, 0.3) is 0 Å². The van der Waals surface area contributed by atoms with Crippen LogP contribution in [0, 0.1) is 13.8 Å². The van der Waals surface area contributed by atoms with Crippen LogP contribution in [0.25, 0.3) is 0 Å². The van der Waals surface area contributed by atoms with E-state index in [-0.39, 0.29) is 11.0 Å². The Kier molecular flexibility index (Phi) is 4.85. The molecule has 0 amide bonds. The van der Waals surface area contributed by atoms with Crippen molar-refractivity contribution in [2.75, 3.05) is 0 Å². The van der Waals surface area contributed by atoms with Crippen molar-refractivity contribution < 1.29 is 4.79 Å². The van der Waals surface area contributed by atoms with Crippen LogP contribution >= 0.6 is 11.8 Å². The van der Waals surface area contributed by atoms with Crippen molar-refractivity contribution in [3.63, 3.8) is 0 Å². The van der Waals surface area contributed by atoms with E-state index in [9.17, 15) is 4.79 Å². The van der Waals surface area contributed by atoms with Gasteiger partial charge in [0.15, 0.2) is 10.9 Å². The van der Waals surface area contributed by atoms with Crippen molar-refractivity contribution in [2.45, 2.75) is 63.4 Å². The highest BCUT2D eigenvalue weighted by Gasteiger charge is 2.23. The van der Waals surface area contributed by atoms with Gasteiger partial charge in [0, 0.05) is 18.5 Å². The summed E-state index contributed by atoms with van der Waals surface area (Å²) in [5.41, 5.74) is 2.97. The minimum absolute atomic E-state index is 0.160. The Morgan fingerprint density at radius 1 is 1.22 bits per heavy atom. The molecule has 4 nitrogen and oxygen atoms in total.